The topological polar surface area (TPSA) is 52.3 Å². The molecule has 3 nitrogen and oxygen atoms in total. The summed E-state index contributed by atoms with van der Waals surface area (Å²) in [6.07, 6.45) is 3.29. The zero-order chi connectivity index (χ0) is 7.82. The summed E-state index contributed by atoms with van der Waals surface area (Å²) in [5.41, 5.74) is 5.08. The molecule has 0 aromatic rings. The third-order valence-electron chi connectivity index (χ3n) is 1.03. The molecule has 0 unspecified atom stereocenters. The first-order valence-corrected chi connectivity index (χ1v) is 3.51. The van der Waals surface area contributed by atoms with Crippen LogP contribution in [0.4, 0.5) is 0 Å². The Labute approximate surface area is 61.5 Å². The number of nitrogens with two attached hydrogens (primary N) is 1. The quantitative estimate of drug-likeness (QED) is 0.451. The molecule has 0 aromatic carbocycles. The first-order chi connectivity index (χ1) is 4.81. The third-order valence-corrected chi connectivity index (χ3v) is 1.03. The van der Waals surface area contributed by atoms with Gasteiger partial charge in [0.05, 0.1) is 13.0 Å². The minimum absolute atomic E-state index is 0.255. The van der Waals surface area contributed by atoms with Gasteiger partial charge in [0.2, 0.25) is 0 Å². The molecule has 0 spiro atoms. The molecule has 0 atom stereocenters. The Balaban J connectivity index is 3.05. The summed E-state index contributed by atoms with van der Waals surface area (Å²) >= 11 is 0. The fraction of sp³-hybridized carbons (Fsp3) is 0.714. The molecule has 0 rings (SSSR count). The predicted molar refractivity (Wildman–Crippen MR) is 39.2 cm³/mol. The average molecular weight is 144 g/mol. The molecule has 10 heavy (non-hydrogen) atoms. The van der Waals surface area contributed by atoms with Crippen LogP contribution in [0.5, 0.6) is 0 Å². The molecule has 2 N–H and O–H groups in total. The second kappa shape index (κ2) is 6.55. The number of carbonyl (C=O) groups is 1. The van der Waals surface area contributed by atoms with E-state index in [0.29, 0.717) is 6.61 Å². The zero-order valence-corrected chi connectivity index (χ0v) is 6.30. The maximum absolute atomic E-state index is 10.6. The van der Waals surface area contributed by atoms with Crippen molar-refractivity contribution < 1.29 is 9.53 Å². The molecule has 59 valence electrons. The molecule has 3 heteroatoms. The van der Waals surface area contributed by atoms with Gasteiger partial charge in [-0.25, -0.2) is 0 Å². The van der Waals surface area contributed by atoms with Crippen molar-refractivity contribution in [2.24, 2.45) is 5.73 Å². The zero-order valence-electron chi connectivity index (χ0n) is 6.30. The van der Waals surface area contributed by atoms with Crippen LogP contribution < -0.4 is 5.73 Å². The van der Waals surface area contributed by atoms with Crippen LogP contribution in [0, 0.1) is 6.42 Å². The van der Waals surface area contributed by atoms with Gasteiger partial charge >= 0.3 is 5.97 Å². The van der Waals surface area contributed by atoms with Gasteiger partial charge in [-0.3, -0.25) is 4.79 Å². The van der Waals surface area contributed by atoms with E-state index >= 15 is 0 Å². The molecule has 0 aliphatic rings. The van der Waals surface area contributed by atoms with E-state index in [4.69, 9.17) is 10.5 Å². The van der Waals surface area contributed by atoms with E-state index in [1.165, 1.54) is 6.42 Å². The van der Waals surface area contributed by atoms with Crippen molar-refractivity contribution in [3.8, 4) is 0 Å². The van der Waals surface area contributed by atoms with Gasteiger partial charge in [0.15, 0.2) is 0 Å². The van der Waals surface area contributed by atoms with Gasteiger partial charge in [-0.1, -0.05) is 13.3 Å². The van der Waals surface area contributed by atoms with Crippen molar-refractivity contribution in [1.82, 2.24) is 0 Å². The lowest BCUT2D eigenvalue weighted by Crippen LogP contribution is -2.12. The first-order valence-electron chi connectivity index (χ1n) is 3.51. The summed E-state index contributed by atoms with van der Waals surface area (Å²) < 4.78 is 4.75. The highest BCUT2D eigenvalue weighted by atomic mass is 16.5. The monoisotopic (exact) mass is 144 g/mol. The lowest BCUT2D eigenvalue weighted by molar-refractivity contribution is -0.139. The van der Waals surface area contributed by atoms with E-state index in [0.717, 1.165) is 12.8 Å². The van der Waals surface area contributed by atoms with Gasteiger partial charge in [0.1, 0.15) is 0 Å². The number of hydrogen-bond acceptors (Lipinski definition) is 3. The third kappa shape index (κ3) is 5.56. The number of rotatable bonds is 5. The molecule has 0 fully saturated rings. The van der Waals surface area contributed by atoms with E-state index in [1.54, 1.807) is 0 Å². The van der Waals surface area contributed by atoms with Crippen LogP contribution in [0.3, 0.4) is 0 Å². The number of hydrogen-bond donors (Lipinski definition) is 1. The van der Waals surface area contributed by atoms with Crippen LogP contribution in [-0.4, -0.2) is 19.1 Å². The molecule has 0 aromatic heterocycles. The van der Waals surface area contributed by atoms with Crippen molar-refractivity contribution in [2.45, 2.75) is 19.8 Å². The van der Waals surface area contributed by atoms with Crippen LogP contribution in [0.2, 0.25) is 0 Å². The maximum Gasteiger partial charge on any atom is 0.311 e. The summed E-state index contributed by atoms with van der Waals surface area (Å²) in [5.74, 6) is -0.309. The SMILES string of the molecule is CCCCOC(=O)[CH]CN. The van der Waals surface area contributed by atoms with Crippen molar-refractivity contribution in [1.29, 1.82) is 0 Å². The van der Waals surface area contributed by atoms with E-state index < -0.39 is 0 Å². The second-order valence-corrected chi connectivity index (χ2v) is 1.96. The van der Waals surface area contributed by atoms with E-state index in [2.05, 4.69) is 0 Å². The molecule has 0 saturated heterocycles. The van der Waals surface area contributed by atoms with Gasteiger partial charge in [-0.15, -0.1) is 0 Å². The van der Waals surface area contributed by atoms with Crippen molar-refractivity contribution >= 4 is 5.97 Å². The van der Waals surface area contributed by atoms with Gasteiger partial charge in [-0.05, 0) is 6.42 Å². The predicted octanol–water partition coefficient (Wildman–Crippen LogP) is 0.493. The fourth-order valence-corrected chi connectivity index (χ4v) is 0.472. The smallest absolute Gasteiger partial charge is 0.311 e. The Morgan fingerprint density at radius 1 is 1.70 bits per heavy atom. The summed E-state index contributed by atoms with van der Waals surface area (Å²) in [7, 11) is 0. The van der Waals surface area contributed by atoms with Gasteiger partial charge in [0, 0.05) is 6.54 Å². The van der Waals surface area contributed by atoms with Crippen LogP contribution >= 0.6 is 0 Å². The summed E-state index contributed by atoms with van der Waals surface area (Å²) in [6, 6.07) is 0. The van der Waals surface area contributed by atoms with Crippen molar-refractivity contribution in [2.75, 3.05) is 13.2 Å². The maximum atomic E-state index is 10.6. The van der Waals surface area contributed by atoms with Crippen LogP contribution in [-0.2, 0) is 9.53 Å². The Hall–Kier alpha value is -0.570. The van der Waals surface area contributed by atoms with Crippen LogP contribution in [0.15, 0.2) is 0 Å². The van der Waals surface area contributed by atoms with Crippen molar-refractivity contribution in [3.63, 3.8) is 0 Å². The van der Waals surface area contributed by atoms with E-state index in [1.807, 2.05) is 6.92 Å². The van der Waals surface area contributed by atoms with Gasteiger partial charge in [-0.2, -0.15) is 0 Å². The van der Waals surface area contributed by atoms with Crippen LogP contribution in [0.1, 0.15) is 19.8 Å². The number of ether oxygens (including phenoxy) is 1. The molecular formula is C7H14NO2. The van der Waals surface area contributed by atoms with Crippen molar-refractivity contribution in [3.05, 3.63) is 6.42 Å². The highest BCUT2D eigenvalue weighted by Gasteiger charge is 1.98. The Morgan fingerprint density at radius 2 is 2.40 bits per heavy atom. The molecule has 0 aliphatic heterocycles. The van der Waals surface area contributed by atoms with Crippen LogP contribution in [0.25, 0.3) is 0 Å². The number of unbranched alkanes of at least 4 members (excludes halogenated alkanes) is 1. The Morgan fingerprint density at radius 3 is 2.90 bits per heavy atom. The van der Waals surface area contributed by atoms with Gasteiger partial charge < -0.3 is 10.5 Å². The molecule has 0 amide bonds. The second-order valence-electron chi connectivity index (χ2n) is 1.96. The molecule has 0 heterocycles. The standard InChI is InChI=1S/C7H14NO2/c1-2-3-6-10-7(9)4-5-8/h4H,2-3,5-6,8H2,1H3. The molecule has 0 aliphatic carbocycles. The van der Waals surface area contributed by atoms with E-state index in [-0.39, 0.29) is 12.5 Å². The minimum Gasteiger partial charge on any atom is -0.465 e. The summed E-state index contributed by atoms with van der Waals surface area (Å²) in [4.78, 5) is 10.6. The first kappa shape index (κ1) is 9.43. The number of esters is 1. The largest absolute Gasteiger partial charge is 0.465 e. The molecule has 0 saturated carbocycles. The highest BCUT2D eigenvalue weighted by molar-refractivity contribution is 5.79. The molecule has 1 radical (unpaired) electrons. The summed E-state index contributed by atoms with van der Waals surface area (Å²) in [6.45, 7) is 2.80. The summed E-state index contributed by atoms with van der Waals surface area (Å²) in [5, 5.41) is 0. The lowest BCUT2D eigenvalue weighted by atomic mass is 10.3. The molecular weight excluding hydrogens is 130 g/mol. The van der Waals surface area contributed by atoms with Gasteiger partial charge in [0.25, 0.3) is 0 Å². The minimum atomic E-state index is -0.309. The Bertz CT molecular complexity index is 93.6. The van der Waals surface area contributed by atoms with E-state index in [9.17, 15) is 4.79 Å². The Kier molecular flexibility index (Phi) is 6.18. The highest BCUT2D eigenvalue weighted by Crippen LogP contribution is 1.89. The molecule has 0 bridgehead atoms. The fourth-order valence-electron chi connectivity index (χ4n) is 0.472. The average Bonchev–Trinajstić information content (AvgIpc) is 1.89. The number of carbonyl (C=O) groups excluding carboxylic acids is 1. The lowest BCUT2D eigenvalue weighted by Gasteiger charge is -2.00. The normalized spacial score (nSPS) is 9.40.